The van der Waals surface area contributed by atoms with Gasteiger partial charge in [0.2, 0.25) is 5.91 Å². The molecule has 0 aliphatic heterocycles. The van der Waals surface area contributed by atoms with Crippen LogP contribution >= 0.6 is 0 Å². The predicted octanol–water partition coefficient (Wildman–Crippen LogP) is 3.03. The third-order valence-corrected chi connectivity index (χ3v) is 4.51. The van der Waals surface area contributed by atoms with Crippen LogP contribution in [-0.2, 0) is 4.79 Å². The lowest BCUT2D eigenvalue weighted by atomic mass is 9.74. The molecule has 0 aromatic heterocycles. The molecule has 3 atom stereocenters. The third-order valence-electron chi connectivity index (χ3n) is 4.51. The summed E-state index contributed by atoms with van der Waals surface area (Å²) < 4.78 is 0. The molecule has 0 aromatic carbocycles. The Morgan fingerprint density at radius 2 is 1.95 bits per heavy atom. The molecule has 1 amide bonds. The summed E-state index contributed by atoms with van der Waals surface area (Å²) in [4.78, 5) is 16.1. The summed E-state index contributed by atoms with van der Waals surface area (Å²) in [6, 6.07) is 0. The van der Waals surface area contributed by atoms with E-state index in [1.807, 2.05) is 0 Å². The van der Waals surface area contributed by atoms with Gasteiger partial charge in [0, 0.05) is 20.0 Å². The number of hydrogen-bond acceptors (Lipinski definition) is 2. The molecule has 3 nitrogen and oxygen atoms in total. The van der Waals surface area contributed by atoms with Gasteiger partial charge in [0.25, 0.3) is 0 Å². The molecule has 0 radical (unpaired) electrons. The first kappa shape index (κ1) is 17.2. The van der Waals surface area contributed by atoms with Crippen LogP contribution in [0.1, 0.15) is 40.5 Å². The monoisotopic (exact) mass is 280 g/mol. The van der Waals surface area contributed by atoms with Gasteiger partial charge < -0.3 is 9.80 Å². The van der Waals surface area contributed by atoms with E-state index in [-0.39, 0.29) is 5.91 Å². The first-order chi connectivity index (χ1) is 9.31. The maximum Gasteiger partial charge on any atom is 0.219 e. The number of amides is 1. The Labute approximate surface area is 125 Å². The molecule has 0 bridgehead atoms. The number of nitrogens with zero attached hydrogens (tertiary/aromatic N) is 2. The maximum absolute atomic E-state index is 11.9. The van der Waals surface area contributed by atoms with Crippen LogP contribution < -0.4 is 0 Å². The minimum absolute atomic E-state index is 0.217. The lowest BCUT2D eigenvalue weighted by Gasteiger charge is -2.37. The Morgan fingerprint density at radius 1 is 1.30 bits per heavy atom. The van der Waals surface area contributed by atoms with Crippen molar-refractivity contribution in [3.63, 3.8) is 0 Å². The average Bonchev–Trinajstić information content (AvgIpc) is 2.30. The zero-order chi connectivity index (χ0) is 15.3. The van der Waals surface area contributed by atoms with Crippen molar-refractivity contribution in [2.75, 3.05) is 33.7 Å². The van der Waals surface area contributed by atoms with Gasteiger partial charge in [-0.25, -0.2) is 0 Å². The van der Waals surface area contributed by atoms with Crippen LogP contribution in [0.15, 0.2) is 11.6 Å². The van der Waals surface area contributed by atoms with E-state index >= 15 is 0 Å². The number of carbonyl (C=O) groups is 1. The summed E-state index contributed by atoms with van der Waals surface area (Å²) in [6.45, 7) is 11.4. The quantitative estimate of drug-likeness (QED) is 0.698. The van der Waals surface area contributed by atoms with Gasteiger partial charge in [0.1, 0.15) is 0 Å². The van der Waals surface area contributed by atoms with Crippen LogP contribution in [0.2, 0.25) is 0 Å². The summed E-state index contributed by atoms with van der Waals surface area (Å²) in [5.74, 6) is 2.07. The van der Waals surface area contributed by atoms with Gasteiger partial charge in [-0.2, -0.15) is 0 Å². The molecule has 0 aromatic rings. The Balaban J connectivity index is 2.59. The normalized spacial score (nSPS) is 26.6. The van der Waals surface area contributed by atoms with E-state index in [1.165, 1.54) is 12.0 Å². The molecule has 0 saturated carbocycles. The Morgan fingerprint density at radius 3 is 2.45 bits per heavy atom. The third kappa shape index (κ3) is 5.28. The second-order valence-corrected chi connectivity index (χ2v) is 6.84. The summed E-state index contributed by atoms with van der Waals surface area (Å²) >= 11 is 0. The molecule has 1 aliphatic carbocycles. The fourth-order valence-electron chi connectivity index (χ4n) is 3.37. The number of rotatable bonds is 6. The number of carbonyl (C=O) groups excluding carboxylic acids is 1. The largest absolute Gasteiger partial charge is 0.343 e. The average molecular weight is 280 g/mol. The summed E-state index contributed by atoms with van der Waals surface area (Å²) in [5.41, 5.74) is 1.50. The zero-order valence-corrected chi connectivity index (χ0v) is 14.1. The van der Waals surface area contributed by atoms with Crippen molar-refractivity contribution in [3.8, 4) is 0 Å². The van der Waals surface area contributed by atoms with E-state index < -0.39 is 0 Å². The van der Waals surface area contributed by atoms with Crippen LogP contribution in [0, 0.1) is 17.8 Å². The number of allylic oxidation sites excluding steroid dienone is 2. The smallest absolute Gasteiger partial charge is 0.219 e. The molecule has 20 heavy (non-hydrogen) atoms. The molecule has 0 N–H and O–H groups in total. The molecule has 3 heteroatoms. The van der Waals surface area contributed by atoms with Crippen LogP contribution in [-0.4, -0.2) is 49.4 Å². The van der Waals surface area contributed by atoms with Crippen LogP contribution in [0.4, 0.5) is 0 Å². The van der Waals surface area contributed by atoms with Crippen LogP contribution in [0.3, 0.4) is 0 Å². The molecule has 0 saturated heterocycles. The van der Waals surface area contributed by atoms with Gasteiger partial charge in [0.15, 0.2) is 0 Å². The lowest BCUT2D eigenvalue weighted by molar-refractivity contribution is -0.130. The fraction of sp³-hybridized carbons (Fsp3) is 0.824. The van der Waals surface area contributed by atoms with E-state index in [4.69, 9.17) is 0 Å². The molecule has 1 rings (SSSR count). The second-order valence-electron chi connectivity index (χ2n) is 6.84. The van der Waals surface area contributed by atoms with E-state index in [0.29, 0.717) is 17.8 Å². The molecule has 0 spiro atoms. The second kappa shape index (κ2) is 7.82. The number of hydrogen-bond donors (Lipinski definition) is 0. The highest BCUT2D eigenvalue weighted by Crippen LogP contribution is 2.34. The highest BCUT2D eigenvalue weighted by Gasteiger charge is 2.29. The Bertz CT molecular complexity index is 349. The minimum atomic E-state index is 0.217. The van der Waals surface area contributed by atoms with Gasteiger partial charge in [-0.05, 0) is 58.2 Å². The van der Waals surface area contributed by atoms with E-state index in [0.717, 1.165) is 26.1 Å². The minimum Gasteiger partial charge on any atom is -0.343 e. The standard InChI is InChI=1S/C17H32N2O/c1-13-10-14(2)17(15(3)11-13)12-19(16(4)20)9-7-8-18(5)6/h10,14-15,17H,7-9,11-12H2,1-6H3/t14-,15+,17+/m1/s1. The maximum atomic E-state index is 11.9. The fourth-order valence-corrected chi connectivity index (χ4v) is 3.37. The van der Waals surface area contributed by atoms with E-state index in [9.17, 15) is 4.79 Å². The molecule has 116 valence electrons. The van der Waals surface area contributed by atoms with Crippen molar-refractivity contribution >= 4 is 5.91 Å². The summed E-state index contributed by atoms with van der Waals surface area (Å²) in [5, 5.41) is 0. The Hall–Kier alpha value is -0.830. The Kier molecular flexibility index (Phi) is 6.74. The van der Waals surface area contributed by atoms with Crippen molar-refractivity contribution in [3.05, 3.63) is 11.6 Å². The van der Waals surface area contributed by atoms with Gasteiger partial charge in [-0.3, -0.25) is 4.79 Å². The molecule has 1 aliphatic rings. The first-order valence-corrected chi connectivity index (χ1v) is 7.88. The highest BCUT2D eigenvalue weighted by molar-refractivity contribution is 5.73. The SMILES string of the molecule is CC(=O)N(CCCN(C)C)C[C@H]1[C@H](C)C=C(C)C[C@@H]1C. The molecular weight excluding hydrogens is 248 g/mol. The predicted molar refractivity (Wildman–Crippen MR) is 85.6 cm³/mol. The van der Waals surface area contributed by atoms with Gasteiger partial charge >= 0.3 is 0 Å². The van der Waals surface area contributed by atoms with Crippen molar-refractivity contribution < 1.29 is 4.79 Å². The van der Waals surface area contributed by atoms with Gasteiger partial charge in [-0.1, -0.05) is 25.5 Å². The summed E-state index contributed by atoms with van der Waals surface area (Å²) in [7, 11) is 4.16. The molecule has 0 unspecified atom stereocenters. The zero-order valence-electron chi connectivity index (χ0n) is 14.1. The molecule has 0 fully saturated rings. The van der Waals surface area contributed by atoms with E-state index in [2.05, 4.69) is 50.7 Å². The van der Waals surface area contributed by atoms with Gasteiger partial charge in [0.05, 0.1) is 0 Å². The van der Waals surface area contributed by atoms with Crippen LogP contribution in [0.25, 0.3) is 0 Å². The topological polar surface area (TPSA) is 23.6 Å². The molecular formula is C17H32N2O. The lowest BCUT2D eigenvalue weighted by Crippen LogP contribution is -2.40. The van der Waals surface area contributed by atoms with Crippen LogP contribution in [0.5, 0.6) is 0 Å². The van der Waals surface area contributed by atoms with Crippen molar-refractivity contribution in [1.29, 1.82) is 0 Å². The summed E-state index contributed by atoms with van der Waals surface area (Å²) in [6.07, 6.45) is 4.62. The first-order valence-electron chi connectivity index (χ1n) is 7.88. The highest BCUT2D eigenvalue weighted by atomic mass is 16.2. The van der Waals surface area contributed by atoms with Gasteiger partial charge in [-0.15, -0.1) is 0 Å². The van der Waals surface area contributed by atoms with Crippen molar-refractivity contribution in [2.45, 2.75) is 40.5 Å². The van der Waals surface area contributed by atoms with E-state index in [1.54, 1.807) is 6.92 Å². The molecule has 0 heterocycles. The van der Waals surface area contributed by atoms with Crippen molar-refractivity contribution in [1.82, 2.24) is 9.80 Å². The van der Waals surface area contributed by atoms with Crippen molar-refractivity contribution in [2.24, 2.45) is 17.8 Å².